The summed E-state index contributed by atoms with van der Waals surface area (Å²) in [7, 11) is 0. The van der Waals surface area contributed by atoms with E-state index in [0.29, 0.717) is 0 Å². The first-order chi connectivity index (χ1) is 22.4. The van der Waals surface area contributed by atoms with Crippen molar-refractivity contribution in [2.75, 3.05) is 4.90 Å². The highest BCUT2D eigenvalue weighted by atomic mass is 15.1. The lowest BCUT2D eigenvalue weighted by molar-refractivity contribution is 1.15. The van der Waals surface area contributed by atoms with E-state index < -0.39 is 0 Å². The van der Waals surface area contributed by atoms with Crippen LogP contribution in [0.5, 0.6) is 0 Å². The largest absolute Gasteiger partial charge is 0.311 e. The van der Waals surface area contributed by atoms with Crippen molar-refractivity contribution in [3.8, 4) is 11.4 Å². The van der Waals surface area contributed by atoms with Crippen molar-refractivity contribution in [3.63, 3.8) is 0 Å². The van der Waals surface area contributed by atoms with Crippen LogP contribution < -0.4 is 4.90 Å². The van der Waals surface area contributed by atoms with Gasteiger partial charge in [-0.25, -0.2) is 0 Å². The summed E-state index contributed by atoms with van der Waals surface area (Å²) in [5.74, 6) is 0. The first-order valence-corrected chi connectivity index (χ1v) is 15.4. The SMILES string of the molecule is c1ccc(N(c2ccccc2)c2ccc(-n3c4ccccc4c4ccc5c6ccccc6n(-c6ccccc6)c5c43)cc2)cc1. The Balaban J connectivity index is 1.33. The van der Waals surface area contributed by atoms with Gasteiger partial charge in [-0.3, -0.25) is 0 Å². The van der Waals surface area contributed by atoms with Crippen molar-refractivity contribution in [3.05, 3.63) is 176 Å². The lowest BCUT2D eigenvalue weighted by Crippen LogP contribution is -2.09. The van der Waals surface area contributed by atoms with Crippen LogP contribution in [0.15, 0.2) is 176 Å². The zero-order valence-electron chi connectivity index (χ0n) is 24.6. The van der Waals surface area contributed by atoms with E-state index in [9.17, 15) is 0 Å². The minimum atomic E-state index is 1.11. The molecule has 3 heteroatoms. The normalized spacial score (nSPS) is 11.6. The van der Waals surface area contributed by atoms with Gasteiger partial charge in [0.15, 0.2) is 0 Å². The third kappa shape index (κ3) is 3.98. The van der Waals surface area contributed by atoms with Crippen molar-refractivity contribution in [2.24, 2.45) is 0 Å². The summed E-state index contributed by atoms with van der Waals surface area (Å²) in [5.41, 5.74) is 10.5. The van der Waals surface area contributed by atoms with Gasteiger partial charge in [-0.2, -0.15) is 0 Å². The van der Waals surface area contributed by atoms with Gasteiger partial charge in [-0.15, -0.1) is 0 Å². The number of para-hydroxylation sites is 5. The predicted octanol–water partition coefficient (Wildman–Crippen LogP) is 11.4. The molecule has 0 N–H and O–H groups in total. The Kier molecular flexibility index (Phi) is 5.82. The van der Waals surface area contributed by atoms with Gasteiger partial charge in [-0.05, 0) is 72.8 Å². The molecular weight excluding hydrogens is 546 g/mol. The molecule has 2 heterocycles. The Bertz CT molecular complexity index is 2420. The van der Waals surface area contributed by atoms with Gasteiger partial charge < -0.3 is 14.0 Å². The van der Waals surface area contributed by atoms with E-state index in [1.807, 2.05) is 0 Å². The maximum absolute atomic E-state index is 2.45. The lowest BCUT2D eigenvalue weighted by atomic mass is 10.1. The number of rotatable bonds is 5. The fourth-order valence-corrected chi connectivity index (χ4v) is 6.97. The summed E-state index contributed by atoms with van der Waals surface area (Å²) in [6, 6.07) is 63.0. The van der Waals surface area contributed by atoms with Crippen LogP contribution in [0.2, 0.25) is 0 Å². The molecule has 0 saturated carbocycles. The molecule has 0 aliphatic rings. The van der Waals surface area contributed by atoms with E-state index >= 15 is 0 Å². The van der Waals surface area contributed by atoms with Crippen molar-refractivity contribution >= 4 is 60.7 Å². The Labute approximate surface area is 261 Å². The van der Waals surface area contributed by atoms with Crippen molar-refractivity contribution in [2.45, 2.75) is 0 Å². The Morgan fingerprint density at radius 2 is 0.667 bits per heavy atom. The van der Waals surface area contributed by atoms with E-state index in [-0.39, 0.29) is 0 Å². The zero-order chi connectivity index (χ0) is 29.7. The van der Waals surface area contributed by atoms with Gasteiger partial charge in [0.05, 0.1) is 22.1 Å². The highest BCUT2D eigenvalue weighted by molar-refractivity contribution is 6.23. The smallest absolute Gasteiger partial charge is 0.0788 e. The third-order valence-electron chi connectivity index (χ3n) is 8.88. The van der Waals surface area contributed by atoms with Gasteiger partial charge in [0.25, 0.3) is 0 Å². The first-order valence-electron chi connectivity index (χ1n) is 15.4. The number of nitrogens with zero attached hydrogens (tertiary/aromatic N) is 3. The maximum Gasteiger partial charge on any atom is 0.0788 e. The second-order valence-electron chi connectivity index (χ2n) is 11.4. The molecule has 0 amide bonds. The van der Waals surface area contributed by atoms with Crippen molar-refractivity contribution in [1.29, 1.82) is 0 Å². The van der Waals surface area contributed by atoms with Gasteiger partial charge in [0, 0.05) is 50.0 Å². The van der Waals surface area contributed by atoms with Crippen LogP contribution in [-0.2, 0) is 0 Å². The lowest BCUT2D eigenvalue weighted by Gasteiger charge is -2.25. The second kappa shape index (κ2) is 10.3. The van der Waals surface area contributed by atoms with E-state index in [1.165, 1.54) is 43.6 Å². The summed E-state index contributed by atoms with van der Waals surface area (Å²) in [6.07, 6.45) is 0. The number of benzene rings is 7. The van der Waals surface area contributed by atoms with Crippen LogP contribution in [0.1, 0.15) is 0 Å². The molecule has 9 aromatic rings. The van der Waals surface area contributed by atoms with Crippen LogP contribution in [-0.4, -0.2) is 9.13 Å². The minimum Gasteiger partial charge on any atom is -0.311 e. The molecule has 0 fully saturated rings. The molecule has 212 valence electrons. The predicted molar refractivity (Wildman–Crippen MR) is 190 cm³/mol. The monoisotopic (exact) mass is 575 g/mol. The molecule has 45 heavy (non-hydrogen) atoms. The molecule has 3 nitrogen and oxygen atoms in total. The average molecular weight is 576 g/mol. The van der Waals surface area contributed by atoms with E-state index in [0.717, 1.165) is 28.4 Å². The van der Waals surface area contributed by atoms with Crippen LogP contribution in [0.25, 0.3) is 55.0 Å². The highest BCUT2D eigenvalue weighted by Gasteiger charge is 2.21. The van der Waals surface area contributed by atoms with Crippen molar-refractivity contribution < 1.29 is 0 Å². The van der Waals surface area contributed by atoms with Gasteiger partial charge >= 0.3 is 0 Å². The molecule has 0 atom stereocenters. The molecule has 0 aliphatic heterocycles. The molecular formula is C42H29N3. The molecule has 9 rings (SSSR count). The average Bonchev–Trinajstić information content (AvgIpc) is 3.63. The minimum absolute atomic E-state index is 1.11. The molecule has 0 aliphatic carbocycles. The Morgan fingerprint density at radius 1 is 0.289 bits per heavy atom. The summed E-state index contributed by atoms with van der Waals surface area (Å²) in [5, 5.41) is 5.00. The summed E-state index contributed by atoms with van der Waals surface area (Å²) < 4.78 is 4.88. The number of fused-ring (bicyclic) bond motifs is 7. The number of anilines is 3. The summed E-state index contributed by atoms with van der Waals surface area (Å²) in [6.45, 7) is 0. The fourth-order valence-electron chi connectivity index (χ4n) is 6.97. The van der Waals surface area contributed by atoms with Crippen LogP contribution in [0, 0.1) is 0 Å². The molecule has 2 aromatic heterocycles. The van der Waals surface area contributed by atoms with E-state index in [4.69, 9.17) is 0 Å². The van der Waals surface area contributed by atoms with Crippen molar-refractivity contribution in [1.82, 2.24) is 9.13 Å². The quantitative estimate of drug-likeness (QED) is 0.199. The first kappa shape index (κ1) is 25.4. The number of hydrogen-bond donors (Lipinski definition) is 0. The molecule has 0 radical (unpaired) electrons. The summed E-state index contributed by atoms with van der Waals surface area (Å²) >= 11 is 0. The van der Waals surface area contributed by atoms with Crippen LogP contribution in [0.4, 0.5) is 17.1 Å². The van der Waals surface area contributed by atoms with E-state index in [1.54, 1.807) is 0 Å². The highest BCUT2D eigenvalue weighted by Crippen LogP contribution is 2.42. The standard InChI is InChI=1S/C42H29N3/c1-4-14-30(15-5-1)43(31-16-6-2-7-17-31)33-24-26-34(27-25-33)45-40-23-13-11-21-36(40)38-29-28-37-35-20-10-12-22-39(35)44(41(37)42(38)45)32-18-8-3-9-19-32/h1-29H. The third-order valence-corrected chi connectivity index (χ3v) is 8.88. The van der Waals surface area contributed by atoms with E-state index in [2.05, 4.69) is 190 Å². The second-order valence-corrected chi connectivity index (χ2v) is 11.4. The maximum atomic E-state index is 2.45. The Hall–Kier alpha value is -6.06. The molecule has 0 saturated heterocycles. The van der Waals surface area contributed by atoms with Gasteiger partial charge in [-0.1, -0.05) is 103 Å². The molecule has 0 unspecified atom stereocenters. The molecule has 0 bridgehead atoms. The fraction of sp³-hybridized carbons (Fsp3) is 0. The van der Waals surface area contributed by atoms with Gasteiger partial charge in [0.1, 0.15) is 0 Å². The van der Waals surface area contributed by atoms with Crippen LogP contribution >= 0.6 is 0 Å². The number of aromatic nitrogens is 2. The van der Waals surface area contributed by atoms with Crippen LogP contribution in [0.3, 0.4) is 0 Å². The molecule has 7 aromatic carbocycles. The van der Waals surface area contributed by atoms with Gasteiger partial charge in [0.2, 0.25) is 0 Å². The topological polar surface area (TPSA) is 13.1 Å². The number of hydrogen-bond acceptors (Lipinski definition) is 1. The molecule has 0 spiro atoms. The summed E-state index contributed by atoms with van der Waals surface area (Å²) in [4.78, 5) is 2.31. The zero-order valence-corrected chi connectivity index (χ0v) is 24.6. The Morgan fingerprint density at radius 3 is 1.16 bits per heavy atom.